The second kappa shape index (κ2) is 2.31. The van der Waals surface area contributed by atoms with E-state index in [1.165, 1.54) is 6.92 Å². The minimum absolute atomic E-state index is 0.0950. The number of epoxide rings is 2. The summed E-state index contributed by atoms with van der Waals surface area (Å²) < 4.78 is 16.9. The zero-order valence-electron chi connectivity index (χ0n) is 9.04. The number of esters is 1. The Kier molecular flexibility index (Phi) is 1.23. The largest absolute Gasteiger partial charge is 0.462 e. The fraction of sp³-hybridized carbons (Fsp3) is 0.917. The molecule has 16 heavy (non-hydrogen) atoms. The molecule has 3 saturated carbocycles. The van der Waals surface area contributed by atoms with E-state index in [2.05, 4.69) is 0 Å². The van der Waals surface area contributed by atoms with Crippen LogP contribution in [0.1, 0.15) is 13.3 Å². The van der Waals surface area contributed by atoms with Crippen molar-refractivity contribution in [2.45, 2.75) is 43.9 Å². The van der Waals surface area contributed by atoms with Gasteiger partial charge in [0.05, 0.1) is 24.4 Å². The molecule has 4 nitrogen and oxygen atoms in total. The van der Waals surface area contributed by atoms with E-state index < -0.39 is 0 Å². The van der Waals surface area contributed by atoms with Crippen LogP contribution in [0.4, 0.5) is 0 Å². The van der Waals surface area contributed by atoms with Gasteiger partial charge in [-0.1, -0.05) is 0 Å². The predicted molar refractivity (Wildman–Crippen MR) is 51.5 cm³/mol. The third-order valence-corrected chi connectivity index (χ3v) is 5.32. The summed E-state index contributed by atoms with van der Waals surface area (Å²) in [6.07, 6.45) is 2.83. The number of fused-ring (bicyclic) bond motifs is 6. The van der Waals surface area contributed by atoms with Gasteiger partial charge in [-0.05, 0) is 18.3 Å². The lowest BCUT2D eigenvalue weighted by molar-refractivity contribution is -0.148. The van der Waals surface area contributed by atoms with Gasteiger partial charge in [0.25, 0.3) is 0 Å². The van der Waals surface area contributed by atoms with Crippen molar-refractivity contribution in [2.24, 2.45) is 23.7 Å². The Labute approximate surface area is 93.2 Å². The van der Waals surface area contributed by atoms with E-state index in [1.807, 2.05) is 0 Å². The average Bonchev–Trinajstić information content (AvgIpc) is 3.09. The molecule has 4 heteroatoms. The standard InChI is InChI=1S/C12H14O4/c1-3(13)14-5-2-4-6-7(5)10-12(16-10)8(6)11-9(4)15-11/h4-12H,2H2,1H3/t4-,5-,6+,7+,8+,9-,10+,11+,12-/m1/s1. The Balaban J connectivity index is 1.52. The molecule has 0 aromatic carbocycles. The Morgan fingerprint density at radius 3 is 2.56 bits per heavy atom. The molecule has 2 heterocycles. The predicted octanol–water partition coefficient (Wildman–Crippen LogP) is 0.349. The Morgan fingerprint density at radius 2 is 1.75 bits per heavy atom. The van der Waals surface area contributed by atoms with Crippen LogP contribution in [0.5, 0.6) is 0 Å². The topological polar surface area (TPSA) is 51.4 Å². The number of ether oxygens (including phenoxy) is 3. The van der Waals surface area contributed by atoms with Crippen LogP contribution < -0.4 is 0 Å². The van der Waals surface area contributed by atoms with E-state index in [4.69, 9.17) is 14.2 Å². The first-order chi connectivity index (χ1) is 7.75. The zero-order valence-corrected chi connectivity index (χ0v) is 9.04. The minimum Gasteiger partial charge on any atom is -0.462 e. The van der Waals surface area contributed by atoms with Crippen LogP contribution in [-0.2, 0) is 19.0 Å². The van der Waals surface area contributed by atoms with Crippen molar-refractivity contribution >= 4 is 5.97 Å². The van der Waals surface area contributed by atoms with E-state index in [0.717, 1.165) is 12.3 Å². The molecule has 9 atom stereocenters. The molecular weight excluding hydrogens is 208 g/mol. The van der Waals surface area contributed by atoms with Crippen molar-refractivity contribution in [2.75, 3.05) is 0 Å². The Hall–Kier alpha value is -0.610. The van der Waals surface area contributed by atoms with Crippen LogP contribution in [0.15, 0.2) is 0 Å². The van der Waals surface area contributed by atoms with Crippen LogP contribution in [0.25, 0.3) is 0 Å². The van der Waals surface area contributed by atoms with Crippen LogP contribution >= 0.6 is 0 Å². The lowest BCUT2D eigenvalue weighted by Crippen LogP contribution is -2.28. The Morgan fingerprint density at radius 1 is 1.06 bits per heavy atom. The molecule has 0 bridgehead atoms. The lowest BCUT2D eigenvalue weighted by atomic mass is 9.89. The molecule has 0 aromatic heterocycles. The molecule has 0 radical (unpaired) electrons. The maximum absolute atomic E-state index is 11.1. The lowest BCUT2D eigenvalue weighted by Gasteiger charge is -2.22. The number of hydrogen-bond donors (Lipinski definition) is 0. The molecule has 0 amide bonds. The second-order valence-corrected chi connectivity index (χ2v) is 5.91. The SMILES string of the molecule is CC(=O)O[C@@H]1C[C@H]2[C@H]3O[C@H]3[C@H]3[C@H]4O[C@H]4[C@@H]1[C@H]23. The van der Waals surface area contributed by atoms with Gasteiger partial charge in [0.2, 0.25) is 0 Å². The molecule has 2 aliphatic heterocycles. The second-order valence-electron chi connectivity index (χ2n) is 5.91. The summed E-state index contributed by atoms with van der Waals surface area (Å²) in [5.41, 5.74) is 0. The van der Waals surface area contributed by atoms with Gasteiger partial charge in [0, 0.05) is 18.8 Å². The summed E-state index contributed by atoms with van der Waals surface area (Å²) >= 11 is 0. The quantitative estimate of drug-likeness (QED) is 0.474. The van der Waals surface area contributed by atoms with Crippen molar-refractivity contribution < 1.29 is 19.0 Å². The van der Waals surface area contributed by atoms with Gasteiger partial charge in [-0.25, -0.2) is 0 Å². The third-order valence-electron chi connectivity index (χ3n) is 5.32. The minimum atomic E-state index is -0.154. The number of rotatable bonds is 1. The van der Waals surface area contributed by atoms with Gasteiger partial charge in [-0.15, -0.1) is 0 Å². The van der Waals surface area contributed by atoms with Crippen molar-refractivity contribution in [1.29, 1.82) is 0 Å². The summed E-state index contributed by atoms with van der Waals surface area (Å²) in [5, 5.41) is 0. The number of hydrogen-bond acceptors (Lipinski definition) is 4. The maximum Gasteiger partial charge on any atom is 0.302 e. The van der Waals surface area contributed by atoms with Gasteiger partial charge in [-0.3, -0.25) is 4.79 Å². The molecule has 0 unspecified atom stereocenters. The van der Waals surface area contributed by atoms with E-state index >= 15 is 0 Å². The van der Waals surface area contributed by atoms with Crippen molar-refractivity contribution in [1.82, 2.24) is 0 Å². The molecule has 0 aromatic rings. The monoisotopic (exact) mass is 222 g/mol. The number of carbonyl (C=O) groups excluding carboxylic acids is 1. The highest BCUT2D eigenvalue weighted by Crippen LogP contribution is 2.70. The highest BCUT2D eigenvalue weighted by Gasteiger charge is 2.79. The maximum atomic E-state index is 11.1. The molecule has 5 aliphatic rings. The highest BCUT2D eigenvalue weighted by molar-refractivity contribution is 5.66. The molecular formula is C12H14O4. The summed E-state index contributed by atoms with van der Waals surface area (Å²) in [7, 11) is 0. The molecule has 0 spiro atoms. The molecule has 86 valence electrons. The zero-order chi connectivity index (χ0) is 10.6. The summed E-state index contributed by atoms with van der Waals surface area (Å²) in [6, 6.07) is 0. The van der Waals surface area contributed by atoms with E-state index in [1.54, 1.807) is 0 Å². The van der Waals surface area contributed by atoms with Gasteiger partial charge in [-0.2, -0.15) is 0 Å². The fourth-order valence-corrected chi connectivity index (χ4v) is 4.95. The fourth-order valence-electron chi connectivity index (χ4n) is 4.95. The van der Waals surface area contributed by atoms with E-state index in [0.29, 0.717) is 42.2 Å². The smallest absolute Gasteiger partial charge is 0.302 e. The van der Waals surface area contributed by atoms with E-state index in [9.17, 15) is 4.79 Å². The first-order valence-electron chi connectivity index (χ1n) is 6.24. The Bertz CT molecular complexity index is 394. The molecule has 3 aliphatic carbocycles. The van der Waals surface area contributed by atoms with Crippen molar-refractivity contribution in [3.8, 4) is 0 Å². The molecule has 2 saturated heterocycles. The summed E-state index contributed by atoms with van der Waals surface area (Å²) in [6.45, 7) is 1.50. The van der Waals surface area contributed by atoms with Crippen LogP contribution in [0.2, 0.25) is 0 Å². The molecule has 0 N–H and O–H groups in total. The van der Waals surface area contributed by atoms with E-state index in [-0.39, 0.29) is 12.1 Å². The van der Waals surface area contributed by atoms with Crippen LogP contribution in [0.3, 0.4) is 0 Å². The molecule has 5 fully saturated rings. The first kappa shape index (κ1) is 8.48. The molecule has 5 rings (SSSR count). The number of carbonyl (C=O) groups is 1. The third kappa shape index (κ3) is 0.778. The van der Waals surface area contributed by atoms with Gasteiger partial charge in [0.1, 0.15) is 6.10 Å². The summed E-state index contributed by atoms with van der Waals surface area (Å²) in [5.74, 6) is 2.29. The van der Waals surface area contributed by atoms with Crippen molar-refractivity contribution in [3.63, 3.8) is 0 Å². The average molecular weight is 222 g/mol. The van der Waals surface area contributed by atoms with Gasteiger partial charge in [0.15, 0.2) is 0 Å². The van der Waals surface area contributed by atoms with Crippen molar-refractivity contribution in [3.05, 3.63) is 0 Å². The highest BCUT2D eigenvalue weighted by atomic mass is 16.6. The first-order valence-corrected chi connectivity index (χ1v) is 6.24. The summed E-state index contributed by atoms with van der Waals surface area (Å²) in [4.78, 5) is 11.1. The van der Waals surface area contributed by atoms with Crippen LogP contribution in [-0.4, -0.2) is 36.5 Å². The van der Waals surface area contributed by atoms with Gasteiger partial charge >= 0.3 is 5.97 Å². The normalized spacial score (nSPS) is 67.2. The van der Waals surface area contributed by atoms with Gasteiger partial charge < -0.3 is 14.2 Å². The van der Waals surface area contributed by atoms with Crippen LogP contribution in [0, 0.1) is 23.7 Å².